The van der Waals surface area contributed by atoms with Crippen LogP contribution in [0.3, 0.4) is 0 Å². The Labute approximate surface area is 89.6 Å². The number of benzene rings is 1. The van der Waals surface area contributed by atoms with Crippen molar-refractivity contribution in [1.82, 2.24) is 5.43 Å². The van der Waals surface area contributed by atoms with Crippen molar-refractivity contribution in [2.24, 2.45) is 0 Å². The summed E-state index contributed by atoms with van der Waals surface area (Å²) in [5.74, 6) is 0. The first-order chi connectivity index (χ1) is 7.22. The van der Waals surface area contributed by atoms with Gasteiger partial charge in [-0.15, -0.1) is 0 Å². The zero-order valence-electron chi connectivity index (χ0n) is 8.99. The van der Waals surface area contributed by atoms with Crippen LogP contribution in [0.2, 0.25) is 0 Å². The van der Waals surface area contributed by atoms with Gasteiger partial charge in [-0.25, -0.2) is 10.2 Å². The zero-order valence-corrected chi connectivity index (χ0v) is 8.99. The third-order valence-corrected chi connectivity index (χ3v) is 1.97. The molecule has 1 atom stereocenters. The van der Waals surface area contributed by atoms with Crippen LogP contribution in [0, 0.1) is 0 Å². The SMILES string of the molecule is CCC(C)OC(=O)NNc1ccccc1. The van der Waals surface area contributed by atoms with E-state index in [0.29, 0.717) is 0 Å². The fourth-order valence-electron chi connectivity index (χ4n) is 0.940. The van der Waals surface area contributed by atoms with Gasteiger partial charge in [0.25, 0.3) is 0 Å². The molecule has 4 heteroatoms. The minimum absolute atomic E-state index is 0.0671. The predicted molar refractivity (Wildman–Crippen MR) is 59.4 cm³/mol. The van der Waals surface area contributed by atoms with Crippen LogP contribution in [0.15, 0.2) is 30.3 Å². The van der Waals surface area contributed by atoms with Gasteiger partial charge in [-0.1, -0.05) is 25.1 Å². The number of nitrogens with one attached hydrogen (secondary N) is 2. The third kappa shape index (κ3) is 4.35. The highest BCUT2D eigenvalue weighted by Crippen LogP contribution is 2.03. The maximum absolute atomic E-state index is 11.2. The Morgan fingerprint density at radius 3 is 2.67 bits per heavy atom. The van der Waals surface area contributed by atoms with Crippen molar-refractivity contribution in [3.8, 4) is 0 Å². The van der Waals surface area contributed by atoms with Gasteiger partial charge in [0, 0.05) is 0 Å². The molecule has 0 bridgehead atoms. The summed E-state index contributed by atoms with van der Waals surface area (Å²) < 4.78 is 5.01. The molecule has 15 heavy (non-hydrogen) atoms. The number of para-hydroxylation sites is 1. The Bertz CT molecular complexity index is 301. The molecule has 0 aromatic heterocycles. The van der Waals surface area contributed by atoms with E-state index in [1.54, 1.807) is 0 Å². The fraction of sp³-hybridized carbons (Fsp3) is 0.364. The first-order valence-electron chi connectivity index (χ1n) is 5.00. The van der Waals surface area contributed by atoms with Gasteiger partial charge in [-0.2, -0.15) is 0 Å². The van der Waals surface area contributed by atoms with Crippen LogP contribution in [0.1, 0.15) is 20.3 Å². The lowest BCUT2D eigenvalue weighted by molar-refractivity contribution is 0.107. The summed E-state index contributed by atoms with van der Waals surface area (Å²) in [6.45, 7) is 3.81. The van der Waals surface area contributed by atoms with E-state index in [1.165, 1.54) is 0 Å². The second-order valence-corrected chi connectivity index (χ2v) is 3.24. The van der Waals surface area contributed by atoms with E-state index in [-0.39, 0.29) is 6.10 Å². The van der Waals surface area contributed by atoms with Gasteiger partial charge in [0.05, 0.1) is 5.69 Å². The molecule has 0 spiro atoms. The topological polar surface area (TPSA) is 50.4 Å². The van der Waals surface area contributed by atoms with E-state index in [1.807, 2.05) is 44.2 Å². The number of hydrogen-bond acceptors (Lipinski definition) is 3. The summed E-state index contributed by atoms with van der Waals surface area (Å²) in [6.07, 6.45) is 0.273. The molecule has 4 nitrogen and oxygen atoms in total. The Balaban J connectivity index is 2.29. The lowest BCUT2D eigenvalue weighted by Crippen LogP contribution is -2.32. The minimum atomic E-state index is -0.465. The van der Waals surface area contributed by atoms with E-state index in [4.69, 9.17) is 4.74 Å². The molecule has 0 radical (unpaired) electrons. The predicted octanol–water partition coefficient (Wildman–Crippen LogP) is 2.54. The van der Waals surface area contributed by atoms with Crippen molar-refractivity contribution in [3.63, 3.8) is 0 Å². The normalized spacial score (nSPS) is 11.6. The smallest absolute Gasteiger partial charge is 0.426 e. The quantitative estimate of drug-likeness (QED) is 0.747. The molecule has 1 amide bonds. The maximum Gasteiger partial charge on any atom is 0.426 e. The first kappa shape index (κ1) is 11.4. The van der Waals surface area contributed by atoms with E-state index >= 15 is 0 Å². The Morgan fingerprint density at radius 1 is 1.40 bits per heavy atom. The van der Waals surface area contributed by atoms with Crippen LogP contribution < -0.4 is 10.9 Å². The number of anilines is 1. The summed E-state index contributed by atoms with van der Waals surface area (Å²) in [5, 5.41) is 0. The zero-order chi connectivity index (χ0) is 11.1. The molecule has 1 unspecified atom stereocenters. The number of amides is 1. The Morgan fingerprint density at radius 2 is 2.07 bits per heavy atom. The molecule has 0 saturated carbocycles. The lowest BCUT2D eigenvalue weighted by atomic mass is 10.3. The van der Waals surface area contributed by atoms with Crippen LogP contribution in [-0.4, -0.2) is 12.2 Å². The fourth-order valence-corrected chi connectivity index (χ4v) is 0.940. The minimum Gasteiger partial charge on any atom is -0.445 e. The van der Waals surface area contributed by atoms with Gasteiger partial charge in [-0.05, 0) is 25.5 Å². The highest BCUT2D eigenvalue weighted by molar-refractivity contribution is 5.69. The average molecular weight is 208 g/mol. The molecule has 0 aliphatic heterocycles. The molecule has 2 N–H and O–H groups in total. The molecule has 1 aromatic carbocycles. The van der Waals surface area contributed by atoms with E-state index in [9.17, 15) is 4.79 Å². The highest BCUT2D eigenvalue weighted by Gasteiger charge is 2.05. The van der Waals surface area contributed by atoms with E-state index in [2.05, 4.69) is 10.9 Å². The summed E-state index contributed by atoms with van der Waals surface area (Å²) in [4.78, 5) is 11.2. The van der Waals surface area contributed by atoms with Crippen LogP contribution in [-0.2, 0) is 4.74 Å². The first-order valence-corrected chi connectivity index (χ1v) is 5.00. The van der Waals surface area contributed by atoms with Gasteiger partial charge >= 0.3 is 6.09 Å². The standard InChI is InChI=1S/C11H16N2O2/c1-3-9(2)15-11(14)13-12-10-7-5-4-6-8-10/h4-9,12H,3H2,1-2H3,(H,13,14). The average Bonchev–Trinajstić information content (AvgIpc) is 2.27. The van der Waals surface area contributed by atoms with Gasteiger partial charge in [0.15, 0.2) is 0 Å². The van der Waals surface area contributed by atoms with Gasteiger partial charge in [-0.3, -0.25) is 5.43 Å². The van der Waals surface area contributed by atoms with Crippen molar-refractivity contribution in [3.05, 3.63) is 30.3 Å². The molecular weight excluding hydrogens is 192 g/mol. The molecule has 1 rings (SSSR count). The molecular formula is C11H16N2O2. The van der Waals surface area contributed by atoms with E-state index < -0.39 is 6.09 Å². The molecule has 0 fully saturated rings. The summed E-state index contributed by atoms with van der Waals surface area (Å²) in [5.41, 5.74) is 6.02. The van der Waals surface area contributed by atoms with Crippen LogP contribution in [0.5, 0.6) is 0 Å². The van der Waals surface area contributed by atoms with Gasteiger partial charge in [0.2, 0.25) is 0 Å². The Hall–Kier alpha value is -1.71. The number of carbonyl (C=O) groups excluding carboxylic acids is 1. The molecule has 0 heterocycles. The van der Waals surface area contributed by atoms with Crippen molar-refractivity contribution in [2.75, 3.05) is 5.43 Å². The van der Waals surface area contributed by atoms with Crippen molar-refractivity contribution < 1.29 is 9.53 Å². The molecule has 1 aromatic rings. The maximum atomic E-state index is 11.2. The van der Waals surface area contributed by atoms with Crippen molar-refractivity contribution in [1.29, 1.82) is 0 Å². The number of carbonyl (C=O) groups is 1. The third-order valence-electron chi connectivity index (χ3n) is 1.97. The summed E-state index contributed by atoms with van der Waals surface area (Å²) in [6, 6.07) is 9.36. The highest BCUT2D eigenvalue weighted by atomic mass is 16.6. The second-order valence-electron chi connectivity index (χ2n) is 3.24. The number of rotatable bonds is 4. The largest absolute Gasteiger partial charge is 0.445 e. The number of ether oxygens (including phenoxy) is 1. The van der Waals surface area contributed by atoms with Gasteiger partial charge in [0.1, 0.15) is 6.10 Å². The monoisotopic (exact) mass is 208 g/mol. The lowest BCUT2D eigenvalue weighted by Gasteiger charge is -2.12. The second kappa shape index (κ2) is 5.90. The summed E-state index contributed by atoms with van der Waals surface area (Å²) >= 11 is 0. The van der Waals surface area contributed by atoms with Crippen LogP contribution in [0.25, 0.3) is 0 Å². The van der Waals surface area contributed by atoms with E-state index in [0.717, 1.165) is 12.1 Å². The molecule has 0 aliphatic carbocycles. The number of hydrazine groups is 1. The number of hydrogen-bond donors (Lipinski definition) is 2. The Kier molecular flexibility index (Phi) is 4.47. The summed E-state index contributed by atoms with van der Waals surface area (Å²) in [7, 11) is 0. The molecule has 0 saturated heterocycles. The van der Waals surface area contributed by atoms with Gasteiger partial charge < -0.3 is 4.74 Å². The molecule has 0 aliphatic rings. The van der Waals surface area contributed by atoms with Crippen molar-refractivity contribution >= 4 is 11.8 Å². The van der Waals surface area contributed by atoms with Crippen LogP contribution in [0.4, 0.5) is 10.5 Å². The van der Waals surface area contributed by atoms with Crippen molar-refractivity contribution in [2.45, 2.75) is 26.4 Å². The van der Waals surface area contributed by atoms with Crippen LogP contribution >= 0.6 is 0 Å². The molecule has 82 valence electrons.